The third kappa shape index (κ3) is 4.93. The number of amides is 1. The molecule has 0 aliphatic heterocycles. The van der Waals surface area contributed by atoms with E-state index in [1.165, 1.54) is 24.3 Å². The summed E-state index contributed by atoms with van der Waals surface area (Å²) >= 11 is 5.62. The van der Waals surface area contributed by atoms with E-state index in [4.69, 9.17) is 17.4 Å². The predicted octanol–water partition coefficient (Wildman–Crippen LogP) is -0.0104. The summed E-state index contributed by atoms with van der Waals surface area (Å²) in [6.45, 7) is 0. The molecule has 0 unspecified atom stereocenters. The van der Waals surface area contributed by atoms with Crippen molar-refractivity contribution in [3.05, 3.63) is 40.1 Å². The summed E-state index contributed by atoms with van der Waals surface area (Å²) in [5, 5.41) is 1.31. The Balaban J connectivity index is 2.99. The van der Waals surface area contributed by atoms with Crippen molar-refractivity contribution in [2.45, 2.75) is 4.90 Å². The van der Waals surface area contributed by atoms with E-state index in [1.807, 2.05) is 0 Å². The summed E-state index contributed by atoms with van der Waals surface area (Å²) < 4.78 is 46.5. The Hall–Kier alpha value is -1.42. The van der Waals surface area contributed by atoms with E-state index in [9.17, 15) is 21.6 Å². The molecule has 20 heavy (non-hydrogen) atoms. The Morgan fingerprint density at radius 1 is 1.15 bits per heavy atom. The maximum absolute atomic E-state index is 11.8. The number of nitrogens with one attached hydrogen (secondary N) is 1. The van der Waals surface area contributed by atoms with Gasteiger partial charge < -0.3 is 0 Å². The average Bonchev–Trinajstić information content (AvgIpc) is 2.37. The molecule has 1 aromatic carbocycles. The molecule has 0 atom stereocenters. The highest BCUT2D eigenvalue weighted by molar-refractivity contribution is 7.98. The number of carbonyl (C=O) groups is 1. The summed E-state index contributed by atoms with van der Waals surface area (Å²) in [5.41, 5.74) is 1.64. The molecule has 110 valence electrons. The number of nitrogens with two attached hydrogens (primary N) is 1. The summed E-state index contributed by atoms with van der Waals surface area (Å²) in [4.78, 5) is 10.7. The molecule has 0 saturated heterocycles. The van der Waals surface area contributed by atoms with Crippen LogP contribution >= 0.6 is 11.6 Å². The second kappa shape index (κ2) is 6.35. The summed E-state index contributed by atoms with van der Waals surface area (Å²) in [6.07, 6.45) is 0. The van der Waals surface area contributed by atoms with Crippen molar-refractivity contribution in [1.29, 1.82) is 0 Å². The topological polar surface area (TPSA) is 123 Å². The zero-order chi connectivity index (χ0) is 15.4. The molecule has 3 N–H and O–H groups in total. The van der Waals surface area contributed by atoms with Gasteiger partial charge in [-0.1, -0.05) is 11.6 Å². The van der Waals surface area contributed by atoms with Gasteiger partial charge in [0.2, 0.25) is 15.7 Å². The predicted molar refractivity (Wildman–Crippen MR) is 73.9 cm³/mol. The number of halogens is 1. The smallest absolute Gasteiger partial charge is 0.249 e. The fourth-order valence-electron chi connectivity index (χ4n) is 1.13. The normalized spacial score (nSPS) is 12.5. The molecule has 0 aliphatic carbocycles. The molecule has 0 aromatic heterocycles. The molecule has 0 radical (unpaired) electrons. The molecule has 0 bridgehead atoms. The molecule has 7 nitrogen and oxygen atoms in total. The second-order valence-electron chi connectivity index (χ2n) is 3.65. The highest BCUT2D eigenvalue weighted by atomic mass is 35.5. The van der Waals surface area contributed by atoms with Crippen LogP contribution in [0.2, 0.25) is 5.02 Å². The largest absolute Gasteiger partial charge is 0.293 e. The van der Waals surface area contributed by atoms with Gasteiger partial charge in [-0.05, 0) is 24.3 Å². The third-order valence-corrected chi connectivity index (χ3v) is 5.14. The van der Waals surface area contributed by atoms with Crippen LogP contribution < -0.4 is 11.3 Å². The first kappa shape index (κ1) is 16.6. The van der Waals surface area contributed by atoms with Crippen LogP contribution in [0.15, 0.2) is 40.0 Å². The fourth-order valence-corrected chi connectivity index (χ4v) is 3.74. The van der Waals surface area contributed by atoms with Crippen LogP contribution in [0, 0.1) is 0 Å². The van der Waals surface area contributed by atoms with Crippen LogP contribution in [-0.4, -0.2) is 28.5 Å². The Labute approximate surface area is 121 Å². The van der Waals surface area contributed by atoms with E-state index in [1.54, 1.807) is 5.43 Å². The zero-order valence-corrected chi connectivity index (χ0v) is 12.4. The van der Waals surface area contributed by atoms with Crippen LogP contribution in [-0.2, 0) is 24.5 Å². The van der Waals surface area contributed by atoms with Crippen molar-refractivity contribution in [2.75, 3.05) is 5.75 Å². The fraction of sp³-hybridized carbons (Fsp3) is 0.100. The number of hydrogen-bond acceptors (Lipinski definition) is 6. The molecule has 0 fully saturated rings. The Kier molecular flexibility index (Phi) is 5.28. The third-order valence-electron chi connectivity index (χ3n) is 2.08. The average molecular weight is 339 g/mol. The minimum absolute atomic E-state index is 0.114. The summed E-state index contributed by atoms with van der Waals surface area (Å²) in [6, 6.07) is 5.19. The van der Waals surface area contributed by atoms with E-state index < -0.39 is 31.3 Å². The van der Waals surface area contributed by atoms with Gasteiger partial charge in [0.25, 0.3) is 0 Å². The first-order valence-corrected chi connectivity index (χ1v) is 8.71. The molecular formula is C10H11ClN2O5S2. The van der Waals surface area contributed by atoms with Crippen molar-refractivity contribution >= 4 is 37.2 Å². The van der Waals surface area contributed by atoms with Crippen molar-refractivity contribution in [2.24, 2.45) is 5.84 Å². The molecule has 0 spiro atoms. The van der Waals surface area contributed by atoms with Gasteiger partial charge in [0.1, 0.15) is 5.75 Å². The van der Waals surface area contributed by atoms with Gasteiger partial charge >= 0.3 is 0 Å². The minimum Gasteiger partial charge on any atom is -0.293 e. The lowest BCUT2D eigenvalue weighted by molar-refractivity contribution is -0.118. The molecule has 0 aliphatic rings. The highest BCUT2D eigenvalue weighted by Crippen LogP contribution is 2.16. The number of carbonyl (C=O) groups excluding carboxylic acids is 1. The number of rotatable bonds is 5. The SMILES string of the molecule is NNC(=O)CS(=O)(=O)C=CS(=O)(=O)c1ccc(Cl)cc1. The van der Waals surface area contributed by atoms with Gasteiger partial charge in [-0.25, -0.2) is 22.7 Å². The van der Waals surface area contributed by atoms with Gasteiger partial charge in [0, 0.05) is 15.8 Å². The second-order valence-corrected chi connectivity index (χ2v) is 7.80. The standard InChI is InChI=1S/C10H11ClN2O5S2/c11-8-1-3-9(4-2-8)20(17,18)6-5-19(15,16)7-10(14)13-12/h1-6H,7,12H2,(H,13,14). The number of benzene rings is 1. The Morgan fingerprint density at radius 2 is 1.70 bits per heavy atom. The van der Waals surface area contributed by atoms with Crippen molar-refractivity contribution in [3.8, 4) is 0 Å². The van der Waals surface area contributed by atoms with Gasteiger partial charge in [-0.15, -0.1) is 0 Å². The maximum Gasteiger partial charge on any atom is 0.249 e. The van der Waals surface area contributed by atoms with Crippen molar-refractivity contribution < 1.29 is 21.6 Å². The lowest BCUT2D eigenvalue weighted by atomic mass is 10.4. The van der Waals surface area contributed by atoms with Gasteiger partial charge in [-0.2, -0.15) is 0 Å². The highest BCUT2D eigenvalue weighted by Gasteiger charge is 2.16. The molecule has 0 heterocycles. The minimum atomic E-state index is -4.02. The molecule has 1 aromatic rings. The van der Waals surface area contributed by atoms with E-state index >= 15 is 0 Å². The molecular weight excluding hydrogens is 328 g/mol. The van der Waals surface area contributed by atoms with Crippen LogP contribution in [0.5, 0.6) is 0 Å². The maximum atomic E-state index is 11.8. The summed E-state index contributed by atoms with van der Waals surface area (Å²) in [7, 11) is -7.95. The molecule has 10 heteroatoms. The summed E-state index contributed by atoms with van der Waals surface area (Å²) in [5.74, 6) is 2.87. The van der Waals surface area contributed by atoms with E-state index in [0.717, 1.165) is 0 Å². The zero-order valence-electron chi connectivity index (χ0n) is 9.98. The van der Waals surface area contributed by atoms with E-state index in [-0.39, 0.29) is 4.90 Å². The quantitative estimate of drug-likeness (QED) is 0.442. The monoisotopic (exact) mass is 338 g/mol. The van der Waals surface area contributed by atoms with E-state index in [2.05, 4.69) is 0 Å². The van der Waals surface area contributed by atoms with Crippen LogP contribution in [0.25, 0.3) is 0 Å². The number of sulfone groups is 2. The number of hydrazine groups is 1. The number of hydrogen-bond donors (Lipinski definition) is 2. The molecule has 1 amide bonds. The lowest BCUT2D eigenvalue weighted by Crippen LogP contribution is -2.34. The molecule has 0 saturated carbocycles. The Morgan fingerprint density at radius 3 is 2.20 bits per heavy atom. The van der Waals surface area contributed by atoms with Crippen molar-refractivity contribution in [3.63, 3.8) is 0 Å². The van der Waals surface area contributed by atoms with Gasteiger partial charge in [0.15, 0.2) is 9.84 Å². The first-order valence-electron chi connectivity index (χ1n) is 5.07. The van der Waals surface area contributed by atoms with E-state index in [0.29, 0.717) is 15.8 Å². The van der Waals surface area contributed by atoms with Crippen LogP contribution in [0.3, 0.4) is 0 Å². The molecule has 1 rings (SSSR count). The van der Waals surface area contributed by atoms with Gasteiger partial charge in [0.05, 0.1) is 4.90 Å². The first-order chi connectivity index (χ1) is 9.16. The van der Waals surface area contributed by atoms with Gasteiger partial charge in [-0.3, -0.25) is 10.2 Å². The van der Waals surface area contributed by atoms with Crippen LogP contribution in [0.4, 0.5) is 0 Å². The van der Waals surface area contributed by atoms with Crippen LogP contribution in [0.1, 0.15) is 0 Å². The van der Waals surface area contributed by atoms with Crippen molar-refractivity contribution in [1.82, 2.24) is 5.43 Å². The Bertz CT molecular complexity index is 723. The lowest BCUT2D eigenvalue weighted by Gasteiger charge is -2.00.